The predicted octanol–water partition coefficient (Wildman–Crippen LogP) is 3.19. The summed E-state index contributed by atoms with van der Waals surface area (Å²) in [5.74, 6) is 0.872. The van der Waals surface area contributed by atoms with Gasteiger partial charge in [0.15, 0.2) is 5.76 Å². The Kier molecular flexibility index (Phi) is 5.11. The third-order valence-electron chi connectivity index (χ3n) is 7.13. The van der Waals surface area contributed by atoms with Crippen LogP contribution in [0.5, 0.6) is 0 Å². The summed E-state index contributed by atoms with van der Waals surface area (Å²) >= 11 is 0. The van der Waals surface area contributed by atoms with E-state index in [1.807, 2.05) is 9.80 Å². The zero-order valence-electron chi connectivity index (χ0n) is 17.2. The number of ether oxygens (including phenoxy) is 1. The van der Waals surface area contributed by atoms with E-state index >= 15 is 0 Å². The molecule has 1 atom stereocenters. The Balaban J connectivity index is 1.31. The lowest BCUT2D eigenvalue weighted by molar-refractivity contribution is -0.135. The summed E-state index contributed by atoms with van der Waals surface area (Å²) in [5.41, 5.74) is 2.77. The highest BCUT2D eigenvalue weighted by Crippen LogP contribution is 2.52. The number of amides is 2. The summed E-state index contributed by atoms with van der Waals surface area (Å²) in [5, 5.41) is 0. The highest BCUT2D eigenvalue weighted by atomic mass is 16.5. The number of morpholine rings is 1. The van der Waals surface area contributed by atoms with Crippen LogP contribution < -0.4 is 0 Å². The van der Waals surface area contributed by atoms with Crippen molar-refractivity contribution in [3.63, 3.8) is 0 Å². The van der Waals surface area contributed by atoms with Gasteiger partial charge in [0, 0.05) is 32.6 Å². The molecule has 0 radical (unpaired) electrons. The molecule has 0 bridgehead atoms. The molecular weight excluding hydrogens is 380 g/mol. The van der Waals surface area contributed by atoms with Crippen molar-refractivity contribution in [1.29, 1.82) is 0 Å². The van der Waals surface area contributed by atoms with E-state index in [2.05, 4.69) is 24.3 Å². The number of hydrogen-bond donors (Lipinski definition) is 0. The molecule has 3 heterocycles. The number of hydrogen-bond acceptors (Lipinski definition) is 4. The summed E-state index contributed by atoms with van der Waals surface area (Å²) in [7, 11) is 0. The fourth-order valence-corrected chi connectivity index (χ4v) is 5.53. The SMILES string of the molecule is O=C(C[C@H]1CC2(CCN(C(=O)c3ccco3)CC2)c2ccccc21)N1CCOCC1. The van der Waals surface area contributed by atoms with Crippen LogP contribution in [0, 0.1) is 0 Å². The van der Waals surface area contributed by atoms with Crippen molar-refractivity contribution in [3.8, 4) is 0 Å². The molecule has 1 aromatic heterocycles. The van der Waals surface area contributed by atoms with Crippen LogP contribution in [0.4, 0.5) is 0 Å². The molecule has 2 amide bonds. The monoisotopic (exact) mass is 408 g/mol. The van der Waals surface area contributed by atoms with Crippen molar-refractivity contribution in [3.05, 3.63) is 59.5 Å². The van der Waals surface area contributed by atoms with Crippen molar-refractivity contribution in [1.82, 2.24) is 9.80 Å². The van der Waals surface area contributed by atoms with E-state index in [0.717, 1.165) is 32.4 Å². The second kappa shape index (κ2) is 7.91. The van der Waals surface area contributed by atoms with Crippen LogP contribution >= 0.6 is 0 Å². The summed E-state index contributed by atoms with van der Waals surface area (Å²) in [6, 6.07) is 12.1. The maximum absolute atomic E-state index is 12.9. The van der Waals surface area contributed by atoms with Crippen LogP contribution in [0.3, 0.4) is 0 Å². The Bertz CT molecular complexity index is 909. The number of fused-ring (bicyclic) bond motifs is 2. The van der Waals surface area contributed by atoms with Crippen LogP contribution in [-0.4, -0.2) is 61.0 Å². The van der Waals surface area contributed by atoms with E-state index in [-0.39, 0.29) is 23.1 Å². The normalized spacial score (nSPS) is 22.9. The molecule has 0 unspecified atom stereocenters. The van der Waals surface area contributed by atoms with Crippen molar-refractivity contribution in [2.24, 2.45) is 0 Å². The fourth-order valence-electron chi connectivity index (χ4n) is 5.53. The van der Waals surface area contributed by atoms with E-state index in [4.69, 9.17) is 9.15 Å². The first-order valence-electron chi connectivity index (χ1n) is 10.9. The molecule has 0 N–H and O–H groups in total. The summed E-state index contributed by atoms with van der Waals surface area (Å²) in [4.78, 5) is 29.4. The van der Waals surface area contributed by atoms with Crippen molar-refractivity contribution in [2.75, 3.05) is 39.4 Å². The quantitative estimate of drug-likeness (QED) is 0.783. The molecule has 0 saturated carbocycles. The predicted molar refractivity (Wildman–Crippen MR) is 111 cm³/mol. The Morgan fingerprint density at radius 3 is 2.47 bits per heavy atom. The molecule has 1 aromatic carbocycles. The van der Waals surface area contributed by atoms with E-state index in [1.54, 1.807) is 18.4 Å². The first-order chi connectivity index (χ1) is 14.7. The number of piperidine rings is 1. The van der Waals surface area contributed by atoms with E-state index < -0.39 is 0 Å². The largest absolute Gasteiger partial charge is 0.459 e. The third-order valence-corrected chi connectivity index (χ3v) is 7.13. The van der Waals surface area contributed by atoms with E-state index in [1.165, 1.54) is 11.1 Å². The van der Waals surface area contributed by atoms with Crippen LogP contribution in [0.2, 0.25) is 0 Å². The highest BCUT2D eigenvalue weighted by Gasteiger charge is 2.46. The van der Waals surface area contributed by atoms with Crippen LogP contribution in [0.15, 0.2) is 47.1 Å². The topological polar surface area (TPSA) is 63.0 Å². The Morgan fingerprint density at radius 2 is 1.73 bits per heavy atom. The first-order valence-corrected chi connectivity index (χ1v) is 10.9. The first kappa shape index (κ1) is 19.4. The number of nitrogens with zero attached hydrogens (tertiary/aromatic N) is 2. The lowest BCUT2D eigenvalue weighted by Gasteiger charge is -2.40. The average Bonchev–Trinajstić information content (AvgIpc) is 3.43. The van der Waals surface area contributed by atoms with Gasteiger partial charge in [-0.15, -0.1) is 0 Å². The van der Waals surface area contributed by atoms with Gasteiger partial charge in [-0.25, -0.2) is 0 Å². The van der Waals surface area contributed by atoms with Gasteiger partial charge >= 0.3 is 0 Å². The average molecular weight is 408 g/mol. The molecular formula is C24H28N2O4. The van der Waals surface area contributed by atoms with Gasteiger partial charge in [0.05, 0.1) is 19.5 Å². The van der Waals surface area contributed by atoms with Crippen molar-refractivity contribution < 1.29 is 18.7 Å². The lowest BCUT2D eigenvalue weighted by atomic mass is 9.73. The molecule has 6 heteroatoms. The molecule has 2 fully saturated rings. The Morgan fingerprint density at radius 1 is 0.967 bits per heavy atom. The molecule has 2 aromatic rings. The molecule has 2 aliphatic heterocycles. The van der Waals surface area contributed by atoms with Crippen LogP contribution in [-0.2, 0) is 14.9 Å². The van der Waals surface area contributed by atoms with Gasteiger partial charge in [0.25, 0.3) is 5.91 Å². The zero-order valence-corrected chi connectivity index (χ0v) is 17.2. The lowest BCUT2D eigenvalue weighted by Crippen LogP contribution is -2.44. The van der Waals surface area contributed by atoms with Gasteiger partial charge in [-0.2, -0.15) is 0 Å². The van der Waals surface area contributed by atoms with Gasteiger partial charge in [0.1, 0.15) is 0 Å². The van der Waals surface area contributed by atoms with Gasteiger partial charge < -0.3 is 19.0 Å². The molecule has 3 aliphatic rings. The van der Waals surface area contributed by atoms with Crippen molar-refractivity contribution in [2.45, 2.75) is 37.0 Å². The number of carbonyl (C=O) groups excluding carboxylic acids is 2. The second-order valence-corrected chi connectivity index (χ2v) is 8.74. The number of benzene rings is 1. The Labute approximate surface area is 176 Å². The minimum absolute atomic E-state index is 0.0276. The van der Waals surface area contributed by atoms with Crippen LogP contribution in [0.25, 0.3) is 0 Å². The number of likely N-dealkylation sites (tertiary alicyclic amines) is 1. The summed E-state index contributed by atoms with van der Waals surface area (Å²) < 4.78 is 10.7. The Hall–Kier alpha value is -2.60. The van der Waals surface area contributed by atoms with Gasteiger partial charge in [-0.3, -0.25) is 9.59 Å². The molecule has 1 spiro atoms. The van der Waals surface area contributed by atoms with Crippen molar-refractivity contribution >= 4 is 11.8 Å². The third kappa shape index (κ3) is 3.43. The van der Waals surface area contributed by atoms with Gasteiger partial charge in [-0.05, 0) is 53.9 Å². The fraction of sp³-hybridized carbons (Fsp3) is 0.500. The molecule has 2 saturated heterocycles. The standard InChI is InChI=1S/C24H28N2O4/c27-22(25-11-14-29-15-12-25)16-18-17-24(20-5-2-1-4-19(18)20)7-9-26(10-8-24)23(28)21-6-3-13-30-21/h1-6,13,18H,7-12,14-17H2/t18-/m0/s1. The van der Waals surface area contributed by atoms with Gasteiger partial charge in [-0.1, -0.05) is 24.3 Å². The van der Waals surface area contributed by atoms with Gasteiger partial charge in [0.2, 0.25) is 5.91 Å². The smallest absolute Gasteiger partial charge is 0.289 e. The molecule has 5 rings (SSSR count). The maximum atomic E-state index is 12.9. The highest BCUT2D eigenvalue weighted by molar-refractivity contribution is 5.91. The number of carbonyl (C=O) groups is 2. The molecule has 6 nitrogen and oxygen atoms in total. The maximum Gasteiger partial charge on any atom is 0.289 e. The van der Waals surface area contributed by atoms with E-state index in [0.29, 0.717) is 38.5 Å². The molecule has 1 aliphatic carbocycles. The minimum atomic E-state index is -0.0276. The zero-order chi connectivity index (χ0) is 20.6. The second-order valence-electron chi connectivity index (χ2n) is 8.74. The summed E-state index contributed by atoms with van der Waals surface area (Å²) in [6.07, 6.45) is 4.96. The molecule has 158 valence electrons. The van der Waals surface area contributed by atoms with E-state index in [9.17, 15) is 9.59 Å². The number of rotatable bonds is 3. The summed E-state index contributed by atoms with van der Waals surface area (Å²) in [6.45, 7) is 4.10. The molecule has 30 heavy (non-hydrogen) atoms. The number of furan rings is 1. The van der Waals surface area contributed by atoms with Crippen LogP contribution in [0.1, 0.15) is 53.3 Å². The minimum Gasteiger partial charge on any atom is -0.459 e.